The van der Waals surface area contributed by atoms with Gasteiger partial charge >= 0.3 is 0 Å². The van der Waals surface area contributed by atoms with Gasteiger partial charge in [-0.2, -0.15) is 0 Å². The van der Waals surface area contributed by atoms with E-state index in [1.165, 1.54) is 25.3 Å². The highest BCUT2D eigenvalue weighted by Crippen LogP contribution is 2.23. The number of amides is 1. The first-order chi connectivity index (χ1) is 10.8. The molecule has 0 saturated carbocycles. The number of hydrogen-bond donors (Lipinski definition) is 2. The molecule has 0 aliphatic carbocycles. The van der Waals surface area contributed by atoms with Crippen molar-refractivity contribution in [2.24, 2.45) is 5.14 Å². The Bertz CT molecular complexity index is 804. The minimum absolute atomic E-state index is 0.113. The number of hydrogen-bond acceptors (Lipinski definition) is 4. The molecule has 1 atom stereocenters. The highest BCUT2D eigenvalue weighted by atomic mass is 32.2. The molecule has 6 nitrogen and oxygen atoms in total. The van der Waals surface area contributed by atoms with Crippen molar-refractivity contribution in [3.8, 4) is 5.75 Å². The predicted octanol–water partition coefficient (Wildman–Crippen LogP) is 1.83. The van der Waals surface area contributed by atoms with Crippen molar-refractivity contribution >= 4 is 15.9 Å². The van der Waals surface area contributed by atoms with E-state index in [2.05, 4.69) is 5.32 Å². The van der Waals surface area contributed by atoms with Crippen molar-refractivity contribution in [2.45, 2.75) is 17.9 Å². The number of primary sulfonamides is 1. The Morgan fingerprint density at radius 1 is 1.17 bits per heavy atom. The van der Waals surface area contributed by atoms with E-state index in [9.17, 15) is 13.2 Å². The standard InChI is InChI=1S/C16H18N2O4S/c1-11(12-6-4-3-5-7-12)18-16(19)14-10-13(23(17,20)21)8-9-15(14)22-2/h3-11H,1-2H3,(H,18,19)(H2,17,20,21)/t11-/m1/s1. The number of nitrogens with two attached hydrogens (primary N) is 1. The lowest BCUT2D eigenvalue weighted by molar-refractivity contribution is 0.0936. The smallest absolute Gasteiger partial charge is 0.255 e. The number of nitrogens with one attached hydrogen (secondary N) is 1. The van der Waals surface area contributed by atoms with Gasteiger partial charge in [0.2, 0.25) is 10.0 Å². The summed E-state index contributed by atoms with van der Waals surface area (Å²) in [6, 6.07) is 13.1. The molecule has 0 heterocycles. The van der Waals surface area contributed by atoms with Crippen LogP contribution < -0.4 is 15.2 Å². The first kappa shape index (κ1) is 17.0. The van der Waals surface area contributed by atoms with Crippen molar-refractivity contribution in [1.82, 2.24) is 5.32 Å². The van der Waals surface area contributed by atoms with E-state index in [1.807, 2.05) is 37.3 Å². The van der Waals surface area contributed by atoms with Crippen molar-refractivity contribution in [1.29, 1.82) is 0 Å². The molecule has 2 aromatic rings. The summed E-state index contributed by atoms with van der Waals surface area (Å²) in [5, 5.41) is 7.92. The summed E-state index contributed by atoms with van der Waals surface area (Å²) in [7, 11) is -2.49. The van der Waals surface area contributed by atoms with Crippen LogP contribution >= 0.6 is 0 Å². The molecule has 0 aliphatic heterocycles. The average molecular weight is 334 g/mol. The van der Waals surface area contributed by atoms with Crippen LogP contribution in [-0.2, 0) is 10.0 Å². The van der Waals surface area contributed by atoms with Crippen LogP contribution in [0.5, 0.6) is 5.75 Å². The molecule has 122 valence electrons. The van der Waals surface area contributed by atoms with Gasteiger partial charge < -0.3 is 10.1 Å². The van der Waals surface area contributed by atoms with E-state index in [0.29, 0.717) is 0 Å². The Morgan fingerprint density at radius 3 is 2.39 bits per heavy atom. The van der Waals surface area contributed by atoms with Gasteiger partial charge in [-0.1, -0.05) is 30.3 Å². The van der Waals surface area contributed by atoms with Crippen LogP contribution in [0.25, 0.3) is 0 Å². The fourth-order valence-electron chi connectivity index (χ4n) is 2.14. The van der Waals surface area contributed by atoms with Gasteiger partial charge in [0.05, 0.1) is 23.6 Å². The van der Waals surface area contributed by atoms with Crippen LogP contribution in [0.3, 0.4) is 0 Å². The van der Waals surface area contributed by atoms with Crippen LogP contribution in [0, 0.1) is 0 Å². The molecule has 23 heavy (non-hydrogen) atoms. The van der Waals surface area contributed by atoms with Gasteiger partial charge in [-0.25, -0.2) is 13.6 Å². The Hall–Kier alpha value is -2.38. The monoisotopic (exact) mass is 334 g/mol. The van der Waals surface area contributed by atoms with Crippen molar-refractivity contribution in [3.05, 3.63) is 59.7 Å². The first-order valence-corrected chi connectivity index (χ1v) is 8.44. The van der Waals surface area contributed by atoms with Crippen LogP contribution in [0.1, 0.15) is 28.9 Å². The minimum atomic E-state index is -3.90. The fourth-order valence-corrected chi connectivity index (χ4v) is 2.68. The molecule has 2 rings (SSSR count). The second-order valence-corrected chi connectivity index (χ2v) is 6.57. The molecule has 0 bridgehead atoms. The van der Waals surface area contributed by atoms with Gasteiger partial charge in [-0.05, 0) is 30.7 Å². The molecular formula is C16H18N2O4S. The highest BCUT2D eigenvalue weighted by Gasteiger charge is 2.19. The zero-order valence-corrected chi connectivity index (χ0v) is 13.6. The fraction of sp³-hybridized carbons (Fsp3) is 0.188. The predicted molar refractivity (Wildman–Crippen MR) is 86.7 cm³/mol. The first-order valence-electron chi connectivity index (χ1n) is 6.89. The number of sulfonamides is 1. The Labute approximate surface area is 135 Å². The summed E-state index contributed by atoms with van der Waals surface area (Å²) in [6.45, 7) is 1.84. The Balaban J connectivity index is 2.31. The SMILES string of the molecule is COc1ccc(S(N)(=O)=O)cc1C(=O)N[C@H](C)c1ccccc1. The van der Waals surface area contributed by atoms with Crippen LogP contribution in [-0.4, -0.2) is 21.4 Å². The summed E-state index contributed by atoms with van der Waals surface area (Å²) in [5.74, 6) is -0.168. The third-order valence-electron chi connectivity index (χ3n) is 3.39. The summed E-state index contributed by atoms with van der Waals surface area (Å²) in [5.41, 5.74) is 1.05. The van der Waals surface area contributed by atoms with Gasteiger partial charge in [0, 0.05) is 0 Å². The molecule has 7 heteroatoms. The number of rotatable bonds is 5. The highest BCUT2D eigenvalue weighted by molar-refractivity contribution is 7.89. The molecule has 0 unspecified atom stereocenters. The number of carbonyl (C=O) groups excluding carboxylic acids is 1. The van der Waals surface area contributed by atoms with Crippen molar-refractivity contribution in [2.75, 3.05) is 7.11 Å². The largest absolute Gasteiger partial charge is 0.496 e. The lowest BCUT2D eigenvalue weighted by Gasteiger charge is -2.16. The lowest BCUT2D eigenvalue weighted by atomic mass is 10.1. The van der Waals surface area contributed by atoms with Gasteiger partial charge in [0.1, 0.15) is 5.75 Å². The van der Waals surface area contributed by atoms with Crippen LogP contribution in [0.4, 0.5) is 0 Å². The number of ether oxygens (including phenoxy) is 1. The maximum atomic E-state index is 12.5. The molecule has 0 radical (unpaired) electrons. The van der Waals surface area contributed by atoms with E-state index < -0.39 is 15.9 Å². The van der Waals surface area contributed by atoms with Crippen molar-refractivity contribution in [3.63, 3.8) is 0 Å². The maximum absolute atomic E-state index is 12.5. The normalized spacial score (nSPS) is 12.5. The lowest BCUT2D eigenvalue weighted by Crippen LogP contribution is -2.27. The van der Waals surface area contributed by atoms with E-state index in [0.717, 1.165) is 5.56 Å². The molecule has 0 aliphatic rings. The molecular weight excluding hydrogens is 316 g/mol. The van der Waals surface area contributed by atoms with Crippen LogP contribution in [0.2, 0.25) is 0 Å². The zero-order valence-electron chi connectivity index (χ0n) is 12.8. The third kappa shape index (κ3) is 4.08. The van der Waals surface area contributed by atoms with Crippen LogP contribution in [0.15, 0.2) is 53.4 Å². The van der Waals surface area contributed by atoms with E-state index >= 15 is 0 Å². The third-order valence-corrected chi connectivity index (χ3v) is 4.30. The van der Waals surface area contributed by atoms with Gasteiger partial charge in [0.15, 0.2) is 0 Å². The molecule has 0 spiro atoms. The number of methoxy groups -OCH3 is 1. The summed E-state index contributed by atoms with van der Waals surface area (Å²) in [4.78, 5) is 12.3. The number of benzene rings is 2. The minimum Gasteiger partial charge on any atom is -0.496 e. The van der Waals surface area contributed by atoms with Crippen molar-refractivity contribution < 1.29 is 17.9 Å². The molecule has 1 amide bonds. The molecule has 3 N–H and O–H groups in total. The zero-order chi connectivity index (χ0) is 17.0. The summed E-state index contributed by atoms with van der Waals surface area (Å²) >= 11 is 0. The van der Waals surface area contributed by atoms with E-state index in [-0.39, 0.29) is 22.3 Å². The van der Waals surface area contributed by atoms with Gasteiger partial charge in [-0.15, -0.1) is 0 Å². The second-order valence-electron chi connectivity index (χ2n) is 5.01. The van der Waals surface area contributed by atoms with E-state index in [4.69, 9.17) is 9.88 Å². The molecule has 0 fully saturated rings. The molecule has 0 saturated heterocycles. The average Bonchev–Trinajstić information content (AvgIpc) is 2.54. The second kappa shape index (κ2) is 6.80. The van der Waals surface area contributed by atoms with Gasteiger partial charge in [-0.3, -0.25) is 4.79 Å². The Morgan fingerprint density at radius 2 is 1.83 bits per heavy atom. The quantitative estimate of drug-likeness (QED) is 0.871. The van der Waals surface area contributed by atoms with E-state index in [1.54, 1.807) is 0 Å². The summed E-state index contributed by atoms with van der Waals surface area (Å²) in [6.07, 6.45) is 0. The van der Waals surface area contributed by atoms with Gasteiger partial charge in [0.25, 0.3) is 5.91 Å². The molecule has 2 aromatic carbocycles. The number of carbonyl (C=O) groups is 1. The topological polar surface area (TPSA) is 98.5 Å². The molecule has 0 aromatic heterocycles. The summed E-state index contributed by atoms with van der Waals surface area (Å²) < 4.78 is 28.0. The maximum Gasteiger partial charge on any atom is 0.255 e. The Kier molecular flexibility index (Phi) is 5.02.